The zero-order valence-corrected chi connectivity index (χ0v) is 17.5. The van der Waals surface area contributed by atoms with Gasteiger partial charge in [-0.15, -0.1) is 0 Å². The van der Waals surface area contributed by atoms with Gasteiger partial charge in [0, 0.05) is 45.4 Å². The van der Waals surface area contributed by atoms with Crippen molar-refractivity contribution in [3.8, 4) is 0 Å². The van der Waals surface area contributed by atoms with Crippen LogP contribution in [0.3, 0.4) is 0 Å². The standard InChI is InChI=1S/C23H27F3N2O3/c1-30-13-12-28(22(29)19-5-3-2-4-6-19)17-21-16-27(11-14-31-21)15-18-7-9-20(10-8-18)23(24,25)26/h2-10,21H,11-17H2,1H3. The SMILES string of the molecule is COCCN(CC1CN(Cc2ccc(C(F)(F)F)cc2)CCO1)C(=O)c1ccccc1. The molecule has 1 saturated heterocycles. The number of morpholine rings is 1. The largest absolute Gasteiger partial charge is 0.416 e. The molecular formula is C23H27F3N2O3. The Hall–Kier alpha value is -2.42. The van der Waals surface area contributed by atoms with Crippen LogP contribution >= 0.6 is 0 Å². The number of hydrogen-bond donors (Lipinski definition) is 0. The Morgan fingerprint density at radius 3 is 2.52 bits per heavy atom. The van der Waals surface area contributed by atoms with E-state index in [0.717, 1.165) is 17.7 Å². The number of rotatable bonds is 8. The quantitative estimate of drug-likeness (QED) is 0.633. The zero-order valence-electron chi connectivity index (χ0n) is 17.5. The minimum Gasteiger partial charge on any atom is -0.383 e. The van der Waals surface area contributed by atoms with Crippen molar-refractivity contribution in [3.05, 3.63) is 71.3 Å². The van der Waals surface area contributed by atoms with Gasteiger partial charge in [-0.05, 0) is 29.8 Å². The Kier molecular flexibility index (Phi) is 8.06. The van der Waals surface area contributed by atoms with Gasteiger partial charge in [0.1, 0.15) is 0 Å². The molecule has 1 unspecified atom stereocenters. The van der Waals surface area contributed by atoms with Gasteiger partial charge in [-0.2, -0.15) is 13.2 Å². The Morgan fingerprint density at radius 1 is 1.16 bits per heavy atom. The fourth-order valence-electron chi connectivity index (χ4n) is 3.58. The zero-order chi connectivity index (χ0) is 22.3. The molecule has 31 heavy (non-hydrogen) atoms. The number of hydrogen-bond acceptors (Lipinski definition) is 4. The molecule has 0 saturated carbocycles. The average molecular weight is 436 g/mol. The maximum Gasteiger partial charge on any atom is 0.416 e. The van der Waals surface area contributed by atoms with Gasteiger partial charge in [0.05, 0.1) is 24.9 Å². The highest BCUT2D eigenvalue weighted by Crippen LogP contribution is 2.29. The van der Waals surface area contributed by atoms with Crippen molar-refractivity contribution in [1.82, 2.24) is 9.80 Å². The molecule has 0 bridgehead atoms. The molecule has 2 aromatic rings. The van der Waals surface area contributed by atoms with Crippen LogP contribution in [0.15, 0.2) is 54.6 Å². The number of halogens is 3. The van der Waals surface area contributed by atoms with Gasteiger partial charge in [-0.1, -0.05) is 30.3 Å². The van der Waals surface area contributed by atoms with Crippen LogP contribution in [0.2, 0.25) is 0 Å². The lowest BCUT2D eigenvalue weighted by molar-refractivity contribution is -0.137. The number of alkyl halides is 3. The van der Waals surface area contributed by atoms with E-state index in [1.807, 2.05) is 18.2 Å². The summed E-state index contributed by atoms with van der Waals surface area (Å²) in [4.78, 5) is 16.8. The summed E-state index contributed by atoms with van der Waals surface area (Å²) < 4.78 is 49.3. The molecule has 0 spiro atoms. The van der Waals surface area contributed by atoms with Crippen molar-refractivity contribution in [2.24, 2.45) is 0 Å². The number of amides is 1. The fourth-order valence-corrected chi connectivity index (χ4v) is 3.58. The van der Waals surface area contributed by atoms with E-state index >= 15 is 0 Å². The number of methoxy groups -OCH3 is 1. The molecule has 1 aliphatic heterocycles. The molecule has 0 aliphatic carbocycles. The van der Waals surface area contributed by atoms with Crippen LogP contribution in [0, 0.1) is 0 Å². The van der Waals surface area contributed by atoms with Crippen LogP contribution in [0.25, 0.3) is 0 Å². The lowest BCUT2D eigenvalue weighted by Crippen LogP contribution is -2.49. The van der Waals surface area contributed by atoms with Crippen molar-refractivity contribution in [3.63, 3.8) is 0 Å². The monoisotopic (exact) mass is 436 g/mol. The molecule has 8 heteroatoms. The minimum atomic E-state index is -4.33. The van der Waals surface area contributed by atoms with E-state index in [1.165, 1.54) is 12.1 Å². The van der Waals surface area contributed by atoms with E-state index in [9.17, 15) is 18.0 Å². The van der Waals surface area contributed by atoms with E-state index in [0.29, 0.717) is 51.5 Å². The van der Waals surface area contributed by atoms with Gasteiger partial charge < -0.3 is 14.4 Å². The van der Waals surface area contributed by atoms with Crippen LogP contribution < -0.4 is 0 Å². The molecule has 0 radical (unpaired) electrons. The molecule has 3 rings (SSSR count). The lowest BCUT2D eigenvalue weighted by Gasteiger charge is -2.36. The fraction of sp³-hybridized carbons (Fsp3) is 0.435. The summed E-state index contributed by atoms with van der Waals surface area (Å²) in [5, 5.41) is 0. The summed E-state index contributed by atoms with van der Waals surface area (Å²) >= 11 is 0. The first-order valence-corrected chi connectivity index (χ1v) is 10.2. The number of carbonyl (C=O) groups is 1. The molecule has 1 fully saturated rings. The molecule has 1 amide bonds. The van der Waals surface area contributed by atoms with Gasteiger partial charge in [-0.25, -0.2) is 0 Å². The second kappa shape index (κ2) is 10.7. The van der Waals surface area contributed by atoms with E-state index in [1.54, 1.807) is 24.1 Å². The summed E-state index contributed by atoms with van der Waals surface area (Å²) in [6, 6.07) is 14.3. The van der Waals surface area contributed by atoms with Crippen molar-refractivity contribution >= 4 is 5.91 Å². The highest BCUT2D eigenvalue weighted by atomic mass is 19.4. The molecule has 1 heterocycles. The Labute approximate surface area is 180 Å². The smallest absolute Gasteiger partial charge is 0.383 e. The predicted octanol–water partition coefficient (Wildman–Crippen LogP) is 3.70. The number of nitrogens with zero attached hydrogens (tertiary/aromatic N) is 2. The second-order valence-corrected chi connectivity index (χ2v) is 7.53. The van der Waals surface area contributed by atoms with Gasteiger partial charge >= 0.3 is 6.18 Å². The summed E-state index contributed by atoms with van der Waals surface area (Å²) in [6.45, 7) is 3.59. The highest BCUT2D eigenvalue weighted by Gasteiger charge is 2.30. The molecule has 2 aromatic carbocycles. The molecule has 1 aliphatic rings. The van der Waals surface area contributed by atoms with E-state index in [2.05, 4.69) is 4.90 Å². The first-order valence-electron chi connectivity index (χ1n) is 10.2. The Morgan fingerprint density at radius 2 is 1.87 bits per heavy atom. The van der Waals surface area contributed by atoms with Crippen LogP contribution in [-0.4, -0.2) is 68.3 Å². The lowest BCUT2D eigenvalue weighted by atomic mass is 10.1. The maximum absolute atomic E-state index is 12.9. The van der Waals surface area contributed by atoms with Crippen molar-refractivity contribution in [2.75, 3.05) is 46.5 Å². The van der Waals surface area contributed by atoms with Crippen LogP contribution in [-0.2, 0) is 22.2 Å². The first kappa shape index (κ1) is 23.2. The molecule has 1 atom stereocenters. The van der Waals surface area contributed by atoms with Crippen LogP contribution in [0.5, 0.6) is 0 Å². The second-order valence-electron chi connectivity index (χ2n) is 7.53. The third-order valence-electron chi connectivity index (χ3n) is 5.21. The molecule has 5 nitrogen and oxygen atoms in total. The molecule has 0 aromatic heterocycles. The van der Waals surface area contributed by atoms with Gasteiger partial charge in [0.2, 0.25) is 0 Å². The van der Waals surface area contributed by atoms with E-state index in [-0.39, 0.29) is 12.0 Å². The molecular weight excluding hydrogens is 409 g/mol. The molecule has 168 valence electrons. The van der Waals surface area contributed by atoms with E-state index in [4.69, 9.17) is 9.47 Å². The van der Waals surface area contributed by atoms with Gasteiger partial charge in [0.15, 0.2) is 0 Å². The number of ether oxygens (including phenoxy) is 2. The van der Waals surface area contributed by atoms with Crippen molar-refractivity contribution in [2.45, 2.75) is 18.8 Å². The highest BCUT2D eigenvalue weighted by molar-refractivity contribution is 5.94. The van der Waals surface area contributed by atoms with Crippen molar-refractivity contribution < 1.29 is 27.4 Å². The topological polar surface area (TPSA) is 42.0 Å². The van der Waals surface area contributed by atoms with Crippen LogP contribution in [0.1, 0.15) is 21.5 Å². The van der Waals surface area contributed by atoms with Crippen molar-refractivity contribution in [1.29, 1.82) is 0 Å². The third kappa shape index (κ3) is 6.78. The minimum absolute atomic E-state index is 0.0823. The summed E-state index contributed by atoms with van der Waals surface area (Å²) in [7, 11) is 1.59. The predicted molar refractivity (Wildman–Crippen MR) is 111 cm³/mol. The Balaban J connectivity index is 1.60. The Bertz CT molecular complexity index is 828. The normalized spacial score (nSPS) is 17.5. The molecule has 0 N–H and O–H groups in total. The summed E-state index contributed by atoms with van der Waals surface area (Å²) in [5.41, 5.74) is 0.769. The van der Waals surface area contributed by atoms with E-state index < -0.39 is 11.7 Å². The first-order chi connectivity index (χ1) is 14.9. The summed E-state index contributed by atoms with van der Waals surface area (Å²) in [6.07, 6.45) is -4.52. The van der Waals surface area contributed by atoms with Gasteiger partial charge in [-0.3, -0.25) is 9.69 Å². The average Bonchev–Trinajstić information content (AvgIpc) is 2.77. The van der Waals surface area contributed by atoms with Crippen LogP contribution in [0.4, 0.5) is 13.2 Å². The maximum atomic E-state index is 12.9. The number of carbonyl (C=O) groups excluding carboxylic acids is 1. The third-order valence-corrected chi connectivity index (χ3v) is 5.21. The number of benzene rings is 2. The van der Waals surface area contributed by atoms with Gasteiger partial charge in [0.25, 0.3) is 5.91 Å². The summed E-state index contributed by atoms with van der Waals surface area (Å²) in [5.74, 6) is -0.0823.